The van der Waals surface area contributed by atoms with Gasteiger partial charge in [0.05, 0.1) is 0 Å². The zero-order valence-electron chi connectivity index (χ0n) is 12.6. The second kappa shape index (κ2) is 7.66. The number of hydrogen-bond acceptors (Lipinski definition) is 3. The van der Waals surface area contributed by atoms with Crippen molar-refractivity contribution in [3.63, 3.8) is 0 Å². The van der Waals surface area contributed by atoms with Crippen molar-refractivity contribution < 1.29 is 9.53 Å². The van der Waals surface area contributed by atoms with Gasteiger partial charge in [-0.05, 0) is 29.7 Å². The van der Waals surface area contributed by atoms with Crippen LogP contribution in [0.5, 0.6) is 5.75 Å². The van der Waals surface area contributed by atoms with Crippen molar-refractivity contribution in [2.24, 2.45) is 5.92 Å². The summed E-state index contributed by atoms with van der Waals surface area (Å²) in [5, 5.41) is 6.93. The number of carbonyl (C=O) groups excluding carboxylic acids is 1. The summed E-state index contributed by atoms with van der Waals surface area (Å²) in [5.41, 5.74) is 1.16. The number of nitrogens with one attached hydrogen (secondary N) is 2. The summed E-state index contributed by atoms with van der Waals surface area (Å²) in [5.74, 6) is 1.50. The maximum Gasteiger partial charge on any atom is 0.221 e. The Hall–Kier alpha value is -1.26. The van der Waals surface area contributed by atoms with Crippen LogP contribution in [0.3, 0.4) is 0 Å². The maximum atomic E-state index is 11.6. The molecule has 0 saturated carbocycles. The number of fused-ring (bicyclic) bond motifs is 1. The lowest BCUT2D eigenvalue weighted by atomic mass is 10.1. The third-order valence-electron chi connectivity index (χ3n) is 3.37. The number of amides is 1. The van der Waals surface area contributed by atoms with Crippen LogP contribution in [0.2, 0.25) is 5.02 Å². The fourth-order valence-corrected chi connectivity index (χ4v) is 2.47. The Morgan fingerprint density at radius 3 is 3.05 bits per heavy atom. The van der Waals surface area contributed by atoms with Gasteiger partial charge in [-0.3, -0.25) is 4.79 Å². The van der Waals surface area contributed by atoms with E-state index >= 15 is 0 Å². The van der Waals surface area contributed by atoms with Crippen LogP contribution in [-0.2, 0) is 11.2 Å². The highest BCUT2D eigenvalue weighted by atomic mass is 35.5. The maximum absolute atomic E-state index is 11.6. The molecule has 0 aliphatic carbocycles. The Kier molecular flexibility index (Phi) is 5.88. The van der Waals surface area contributed by atoms with Crippen molar-refractivity contribution in [1.29, 1.82) is 0 Å². The molecule has 1 heterocycles. The average molecular weight is 311 g/mol. The van der Waals surface area contributed by atoms with E-state index in [1.54, 1.807) is 0 Å². The number of benzene rings is 1. The predicted octanol–water partition coefficient (Wildman–Crippen LogP) is 2.40. The normalized spacial score (nSPS) is 16.7. The first kappa shape index (κ1) is 16.1. The minimum absolute atomic E-state index is 0.0959. The van der Waals surface area contributed by atoms with Gasteiger partial charge < -0.3 is 15.4 Å². The summed E-state index contributed by atoms with van der Waals surface area (Å²) in [4.78, 5) is 11.6. The molecule has 1 aliphatic heterocycles. The summed E-state index contributed by atoms with van der Waals surface area (Å²) in [6.07, 6.45) is 1.48. The summed E-state index contributed by atoms with van der Waals surface area (Å²) < 4.78 is 5.83. The Bertz CT molecular complexity index is 491. The molecule has 0 radical (unpaired) electrons. The van der Waals surface area contributed by atoms with Crippen LogP contribution in [-0.4, -0.2) is 31.6 Å². The molecule has 4 nitrogen and oxygen atoms in total. The molecule has 1 aliphatic rings. The quantitative estimate of drug-likeness (QED) is 0.760. The van der Waals surface area contributed by atoms with Crippen LogP contribution in [0, 0.1) is 5.92 Å². The minimum Gasteiger partial charge on any atom is -0.488 e. The van der Waals surface area contributed by atoms with Crippen molar-refractivity contribution in [3.8, 4) is 5.75 Å². The first-order valence-corrected chi connectivity index (χ1v) is 7.85. The van der Waals surface area contributed by atoms with Crippen LogP contribution in [0.25, 0.3) is 0 Å². The van der Waals surface area contributed by atoms with E-state index in [0.29, 0.717) is 18.9 Å². The zero-order chi connectivity index (χ0) is 15.2. The lowest BCUT2D eigenvalue weighted by Gasteiger charge is -2.12. The average Bonchev–Trinajstić information content (AvgIpc) is 2.83. The molecule has 1 aromatic rings. The third-order valence-corrected chi connectivity index (χ3v) is 3.61. The Balaban J connectivity index is 1.62. The van der Waals surface area contributed by atoms with Gasteiger partial charge in [0.25, 0.3) is 0 Å². The highest BCUT2D eigenvalue weighted by Gasteiger charge is 2.22. The van der Waals surface area contributed by atoms with E-state index in [-0.39, 0.29) is 12.0 Å². The van der Waals surface area contributed by atoms with E-state index in [1.165, 1.54) is 0 Å². The molecule has 0 spiro atoms. The molecule has 2 rings (SSSR count). The van der Waals surface area contributed by atoms with Gasteiger partial charge in [-0.25, -0.2) is 0 Å². The molecule has 5 heteroatoms. The van der Waals surface area contributed by atoms with Crippen LogP contribution in [0.4, 0.5) is 0 Å². The van der Waals surface area contributed by atoms with Gasteiger partial charge in [0.15, 0.2) is 0 Å². The summed E-state index contributed by atoms with van der Waals surface area (Å²) >= 11 is 5.97. The second-order valence-corrected chi connectivity index (χ2v) is 6.28. The second-order valence-electron chi connectivity index (χ2n) is 5.85. The van der Waals surface area contributed by atoms with Crippen LogP contribution < -0.4 is 15.4 Å². The van der Waals surface area contributed by atoms with Crippen molar-refractivity contribution in [1.82, 2.24) is 10.6 Å². The number of halogens is 1. The van der Waals surface area contributed by atoms with E-state index in [4.69, 9.17) is 16.3 Å². The smallest absolute Gasteiger partial charge is 0.221 e. The summed E-state index contributed by atoms with van der Waals surface area (Å²) in [7, 11) is 0. The topological polar surface area (TPSA) is 50.4 Å². The van der Waals surface area contributed by atoms with Crippen molar-refractivity contribution in [2.75, 3.05) is 19.6 Å². The highest BCUT2D eigenvalue weighted by molar-refractivity contribution is 6.30. The SMILES string of the molecule is CC(C)CNC(=O)CCNCC1Cc2cc(Cl)ccc2O1. The van der Waals surface area contributed by atoms with Gasteiger partial charge in [0.1, 0.15) is 11.9 Å². The van der Waals surface area contributed by atoms with Gasteiger partial charge in [-0.1, -0.05) is 25.4 Å². The van der Waals surface area contributed by atoms with Crippen molar-refractivity contribution in [2.45, 2.75) is 32.8 Å². The van der Waals surface area contributed by atoms with E-state index in [1.807, 2.05) is 18.2 Å². The Morgan fingerprint density at radius 1 is 1.48 bits per heavy atom. The lowest BCUT2D eigenvalue weighted by Crippen LogP contribution is -2.34. The standard InChI is InChI=1S/C16H23ClN2O2/c1-11(2)9-19-16(20)5-6-18-10-14-8-12-7-13(17)3-4-15(12)21-14/h3-4,7,11,14,18H,5-6,8-10H2,1-2H3,(H,19,20). The number of hydrogen-bond donors (Lipinski definition) is 2. The zero-order valence-corrected chi connectivity index (χ0v) is 13.4. The minimum atomic E-state index is 0.0959. The molecule has 0 aromatic heterocycles. The molecule has 0 fully saturated rings. The fraction of sp³-hybridized carbons (Fsp3) is 0.562. The molecule has 116 valence electrons. The molecule has 1 atom stereocenters. The molecule has 0 bridgehead atoms. The number of rotatable bonds is 7. The van der Waals surface area contributed by atoms with E-state index in [0.717, 1.165) is 35.8 Å². The van der Waals surface area contributed by atoms with Gasteiger partial charge >= 0.3 is 0 Å². The molecule has 1 aromatic carbocycles. The first-order chi connectivity index (χ1) is 10.0. The summed E-state index contributed by atoms with van der Waals surface area (Å²) in [6.45, 7) is 6.31. The number of ether oxygens (including phenoxy) is 1. The van der Waals surface area contributed by atoms with E-state index < -0.39 is 0 Å². The van der Waals surface area contributed by atoms with E-state index in [2.05, 4.69) is 24.5 Å². The highest BCUT2D eigenvalue weighted by Crippen LogP contribution is 2.30. The molecular weight excluding hydrogens is 288 g/mol. The van der Waals surface area contributed by atoms with Gasteiger partial charge in [-0.2, -0.15) is 0 Å². The van der Waals surface area contributed by atoms with Gasteiger partial charge in [0, 0.05) is 37.5 Å². The van der Waals surface area contributed by atoms with Crippen LogP contribution in [0.1, 0.15) is 25.8 Å². The van der Waals surface area contributed by atoms with E-state index in [9.17, 15) is 4.79 Å². The Labute approximate surface area is 131 Å². The van der Waals surface area contributed by atoms with Crippen LogP contribution in [0.15, 0.2) is 18.2 Å². The van der Waals surface area contributed by atoms with Crippen LogP contribution >= 0.6 is 11.6 Å². The van der Waals surface area contributed by atoms with Gasteiger partial charge in [0.2, 0.25) is 5.91 Å². The molecule has 1 unspecified atom stereocenters. The molecule has 2 N–H and O–H groups in total. The molecule has 0 saturated heterocycles. The first-order valence-electron chi connectivity index (χ1n) is 7.47. The Morgan fingerprint density at radius 2 is 2.29 bits per heavy atom. The van der Waals surface area contributed by atoms with Crippen molar-refractivity contribution >= 4 is 17.5 Å². The molecule has 21 heavy (non-hydrogen) atoms. The predicted molar refractivity (Wildman–Crippen MR) is 84.9 cm³/mol. The molecular formula is C16H23ClN2O2. The fourth-order valence-electron chi connectivity index (χ4n) is 2.27. The third kappa shape index (κ3) is 5.21. The number of carbonyl (C=O) groups is 1. The molecule has 1 amide bonds. The largest absolute Gasteiger partial charge is 0.488 e. The monoisotopic (exact) mass is 310 g/mol. The summed E-state index contributed by atoms with van der Waals surface area (Å²) in [6, 6.07) is 5.71. The lowest BCUT2D eigenvalue weighted by molar-refractivity contribution is -0.121. The van der Waals surface area contributed by atoms with Crippen molar-refractivity contribution in [3.05, 3.63) is 28.8 Å². The van der Waals surface area contributed by atoms with Gasteiger partial charge in [-0.15, -0.1) is 0 Å².